The number of amides is 1. The number of alkyl halides is 3. The topological polar surface area (TPSA) is 84.5 Å². The van der Waals surface area contributed by atoms with Crippen molar-refractivity contribution < 1.29 is 22.4 Å². The summed E-state index contributed by atoms with van der Waals surface area (Å²) in [6.45, 7) is 12.4. The van der Waals surface area contributed by atoms with Crippen LogP contribution in [0.25, 0.3) is 32.9 Å². The minimum atomic E-state index is -4.89. The van der Waals surface area contributed by atoms with E-state index in [1.165, 1.54) is 6.08 Å². The number of fused-ring (bicyclic) bond motifs is 2. The van der Waals surface area contributed by atoms with Crippen LogP contribution >= 0.6 is 0 Å². The fourth-order valence-corrected chi connectivity index (χ4v) is 6.52. The highest BCUT2D eigenvalue weighted by Crippen LogP contribution is 2.46. The molecule has 6 rings (SSSR count). The molecule has 2 aliphatic heterocycles. The molecule has 2 atom stereocenters. The first-order valence-corrected chi connectivity index (χ1v) is 14.9. The number of aromatic nitrogens is 4. The molecule has 0 aliphatic carbocycles. The molecule has 9 nitrogen and oxygen atoms in total. The van der Waals surface area contributed by atoms with Crippen molar-refractivity contribution in [2.24, 2.45) is 0 Å². The van der Waals surface area contributed by atoms with E-state index in [0.29, 0.717) is 41.8 Å². The first-order valence-electron chi connectivity index (χ1n) is 14.9. The lowest BCUT2D eigenvalue weighted by molar-refractivity contribution is -0.137. The number of halogens is 4. The fraction of sp³-hybridized carbons (Fsp3) is 0.438. The van der Waals surface area contributed by atoms with Gasteiger partial charge in [0.1, 0.15) is 11.3 Å². The van der Waals surface area contributed by atoms with Crippen molar-refractivity contribution in [1.82, 2.24) is 30.0 Å². The molecule has 238 valence electrons. The maximum atomic E-state index is 17.1. The number of benzene rings is 2. The van der Waals surface area contributed by atoms with Crippen molar-refractivity contribution in [2.75, 3.05) is 50.1 Å². The number of likely N-dealkylation sites (N-methyl/N-ethyl adjacent to an activating group) is 1. The zero-order chi connectivity index (χ0) is 32.5. The van der Waals surface area contributed by atoms with Gasteiger partial charge in [0.2, 0.25) is 11.9 Å². The Morgan fingerprint density at radius 2 is 1.78 bits per heavy atom. The van der Waals surface area contributed by atoms with E-state index in [4.69, 9.17) is 4.98 Å². The summed E-state index contributed by atoms with van der Waals surface area (Å²) in [5, 5.41) is 7.42. The molecule has 45 heavy (non-hydrogen) atoms. The second-order valence-corrected chi connectivity index (χ2v) is 12.4. The SMILES string of the molecule is C=CC(=O)N1C[C@H](C)N(c2nc(N3CC(N(C)C)C3)nc3c(F)c(-c4c(C)ccc5[nH]nc(C)c45)c(C(F)(F)F)cc23)C[C@H]1C. The lowest BCUT2D eigenvalue weighted by Crippen LogP contribution is -2.59. The highest BCUT2D eigenvalue weighted by atomic mass is 19.4. The third-order valence-corrected chi connectivity index (χ3v) is 9.17. The van der Waals surface area contributed by atoms with Crippen LogP contribution in [-0.4, -0.2) is 94.3 Å². The molecule has 0 bridgehead atoms. The summed E-state index contributed by atoms with van der Waals surface area (Å²) in [7, 11) is 3.93. The first-order chi connectivity index (χ1) is 21.2. The molecule has 0 unspecified atom stereocenters. The van der Waals surface area contributed by atoms with Gasteiger partial charge in [0.15, 0.2) is 5.82 Å². The summed E-state index contributed by atoms with van der Waals surface area (Å²) >= 11 is 0. The monoisotopic (exact) mass is 624 g/mol. The number of piperazine rings is 1. The van der Waals surface area contributed by atoms with Gasteiger partial charge >= 0.3 is 6.18 Å². The van der Waals surface area contributed by atoms with E-state index >= 15 is 4.39 Å². The van der Waals surface area contributed by atoms with Gasteiger partial charge in [-0.15, -0.1) is 0 Å². The number of aromatic amines is 1. The molecule has 2 aromatic heterocycles. The zero-order valence-electron chi connectivity index (χ0n) is 26.1. The number of hydrogen-bond acceptors (Lipinski definition) is 7. The summed E-state index contributed by atoms with van der Waals surface area (Å²) < 4.78 is 62.0. The maximum Gasteiger partial charge on any atom is 0.417 e. The maximum absolute atomic E-state index is 17.1. The van der Waals surface area contributed by atoms with E-state index in [9.17, 15) is 18.0 Å². The average molecular weight is 625 g/mol. The Kier molecular flexibility index (Phi) is 7.50. The standard InChI is InChI=1S/C32H36F4N8O/c1-8-24(45)43-12-18(4)44(13-17(43)3)30-21-11-22(32(34,35)36)27(25-16(2)9-10-23-26(25)19(5)39-40-23)28(33)29(21)37-31(38-30)42-14-20(15-42)41(6)7/h8-11,17-18,20H,1,12-15H2,2-7H3,(H,39,40)/t17-,18+/m1/s1. The van der Waals surface area contributed by atoms with Gasteiger partial charge in [-0.2, -0.15) is 23.3 Å². The number of nitrogens with zero attached hydrogens (tertiary/aromatic N) is 7. The number of nitrogens with one attached hydrogen (secondary N) is 1. The van der Waals surface area contributed by atoms with Crippen molar-refractivity contribution in [3.63, 3.8) is 0 Å². The number of hydrogen-bond donors (Lipinski definition) is 1. The summed E-state index contributed by atoms with van der Waals surface area (Å²) in [6, 6.07) is 3.98. The summed E-state index contributed by atoms with van der Waals surface area (Å²) in [5.41, 5.74) is -0.280. The van der Waals surface area contributed by atoms with Gasteiger partial charge in [-0.1, -0.05) is 12.6 Å². The number of carbonyl (C=O) groups is 1. The van der Waals surface area contributed by atoms with Gasteiger partial charge in [-0.25, -0.2) is 9.37 Å². The molecule has 4 heterocycles. The molecule has 1 N–H and O–H groups in total. The molecule has 0 saturated carbocycles. The minimum absolute atomic E-state index is 0.0340. The summed E-state index contributed by atoms with van der Waals surface area (Å²) in [5.74, 6) is -0.837. The van der Waals surface area contributed by atoms with Gasteiger partial charge in [0, 0.05) is 60.6 Å². The third kappa shape index (κ3) is 5.06. The molecular formula is C32H36F4N8O. The molecule has 2 aromatic carbocycles. The van der Waals surface area contributed by atoms with Crippen LogP contribution in [0.5, 0.6) is 0 Å². The van der Waals surface area contributed by atoms with E-state index in [1.807, 2.05) is 37.7 Å². The third-order valence-electron chi connectivity index (χ3n) is 9.17. The quantitative estimate of drug-likeness (QED) is 0.238. The molecule has 2 fully saturated rings. The van der Waals surface area contributed by atoms with Crippen LogP contribution < -0.4 is 9.80 Å². The number of anilines is 2. The summed E-state index contributed by atoms with van der Waals surface area (Å²) in [4.78, 5) is 29.4. The smallest absolute Gasteiger partial charge is 0.349 e. The van der Waals surface area contributed by atoms with E-state index < -0.39 is 23.1 Å². The molecule has 4 aromatic rings. The van der Waals surface area contributed by atoms with Crippen molar-refractivity contribution in [2.45, 2.75) is 52.0 Å². The number of carbonyl (C=O) groups excluding carboxylic acids is 1. The Balaban J connectivity index is 1.63. The predicted octanol–water partition coefficient (Wildman–Crippen LogP) is 5.31. The number of aryl methyl sites for hydroxylation is 2. The molecular weight excluding hydrogens is 588 g/mol. The lowest BCUT2D eigenvalue weighted by Gasteiger charge is -2.45. The van der Waals surface area contributed by atoms with Crippen molar-refractivity contribution in [3.05, 3.63) is 53.5 Å². The van der Waals surface area contributed by atoms with Gasteiger partial charge < -0.3 is 19.6 Å². The molecule has 0 radical (unpaired) electrons. The van der Waals surface area contributed by atoms with E-state index in [2.05, 4.69) is 26.7 Å². The van der Waals surface area contributed by atoms with Gasteiger partial charge in [-0.3, -0.25) is 9.89 Å². The molecule has 13 heteroatoms. The first kappa shape index (κ1) is 30.8. The zero-order valence-corrected chi connectivity index (χ0v) is 26.1. The Morgan fingerprint density at radius 1 is 1.07 bits per heavy atom. The average Bonchev–Trinajstić information content (AvgIpc) is 3.32. The van der Waals surface area contributed by atoms with E-state index in [-0.39, 0.29) is 58.8 Å². The van der Waals surface area contributed by atoms with Gasteiger partial charge in [-0.05, 0) is 71.1 Å². The van der Waals surface area contributed by atoms with Crippen molar-refractivity contribution in [1.29, 1.82) is 0 Å². The van der Waals surface area contributed by atoms with Crippen LogP contribution in [0.2, 0.25) is 0 Å². The number of H-pyrrole nitrogens is 1. The molecule has 2 saturated heterocycles. The second-order valence-electron chi connectivity index (χ2n) is 12.4. The largest absolute Gasteiger partial charge is 0.417 e. The molecule has 2 aliphatic rings. The Hall–Kier alpha value is -4.26. The van der Waals surface area contributed by atoms with Crippen LogP contribution in [0, 0.1) is 19.7 Å². The van der Waals surface area contributed by atoms with Crippen LogP contribution in [0.4, 0.5) is 29.3 Å². The van der Waals surface area contributed by atoms with Crippen molar-refractivity contribution in [3.8, 4) is 11.1 Å². The highest BCUT2D eigenvalue weighted by Gasteiger charge is 2.40. The minimum Gasteiger partial charge on any atom is -0.349 e. The van der Waals surface area contributed by atoms with E-state index in [0.717, 1.165) is 6.07 Å². The lowest BCUT2D eigenvalue weighted by atomic mass is 9.90. The van der Waals surface area contributed by atoms with Crippen LogP contribution in [0.15, 0.2) is 30.9 Å². The van der Waals surface area contributed by atoms with Crippen LogP contribution in [0.1, 0.15) is 30.7 Å². The van der Waals surface area contributed by atoms with Gasteiger partial charge in [0.05, 0.1) is 16.8 Å². The summed E-state index contributed by atoms with van der Waals surface area (Å²) in [6.07, 6.45) is -3.64. The predicted molar refractivity (Wildman–Crippen MR) is 167 cm³/mol. The molecule has 0 spiro atoms. The van der Waals surface area contributed by atoms with Crippen LogP contribution in [-0.2, 0) is 11.0 Å². The van der Waals surface area contributed by atoms with Crippen LogP contribution in [0.3, 0.4) is 0 Å². The van der Waals surface area contributed by atoms with Crippen molar-refractivity contribution >= 4 is 39.5 Å². The fourth-order valence-electron chi connectivity index (χ4n) is 6.52. The highest BCUT2D eigenvalue weighted by molar-refractivity contribution is 6.03. The Labute approximate surface area is 258 Å². The Morgan fingerprint density at radius 3 is 2.42 bits per heavy atom. The van der Waals surface area contributed by atoms with Gasteiger partial charge in [0.25, 0.3) is 0 Å². The second kappa shape index (κ2) is 11.0. The Bertz CT molecular complexity index is 1830. The number of rotatable bonds is 5. The van der Waals surface area contributed by atoms with E-state index in [1.54, 1.807) is 30.9 Å². The molecule has 1 amide bonds. The normalized spacial score (nSPS) is 19.6.